The highest BCUT2D eigenvalue weighted by atomic mass is 16.2. The zero-order valence-corrected chi connectivity index (χ0v) is 17.7. The molecule has 1 saturated heterocycles. The number of amides is 2. The van der Waals surface area contributed by atoms with Crippen LogP contribution in [0.25, 0.3) is 0 Å². The highest BCUT2D eigenvalue weighted by Gasteiger charge is 2.30. The molecule has 1 aromatic carbocycles. The summed E-state index contributed by atoms with van der Waals surface area (Å²) in [5.74, 6) is 0.978. The van der Waals surface area contributed by atoms with Crippen molar-refractivity contribution in [3.63, 3.8) is 0 Å². The van der Waals surface area contributed by atoms with Gasteiger partial charge < -0.3 is 20.1 Å². The minimum Gasteiger partial charge on any atom is -0.336 e. The number of carbonyl (C=O) groups excluding carboxylic acids is 2. The molecule has 2 heterocycles. The molecule has 3 rings (SSSR count). The van der Waals surface area contributed by atoms with Gasteiger partial charge in [0, 0.05) is 51.2 Å². The second kappa shape index (κ2) is 8.78. The largest absolute Gasteiger partial charge is 0.336 e. The third kappa shape index (κ3) is 5.67. The normalized spacial score (nSPS) is 17.2. The van der Waals surface area contributed by atoms with Crippen molar-refractivity contribution in [2.75, 3.05) is 25.0 Å². The number of nitrogens with zero attached hydrogens (tertiary/aromatic N) is 3. The molecule has 0 aliphatic carbocycles. The lowest BCUT2D eigenvalue weighted by Gasteiger charge is -2.35. The van der Waals surface area contributed by atoms with Gasteiger partial charge in [0.15, 0.2) is 0 Å². The molecular formula is C22H31N5O2. The van der Waals surface area contributed by atoms with Crippen molar-refractivity contribution in [1.29, 1.82) is 0 Å². The lowest BCUT2D eigenvalue weighted by Crippen LogP contribution is -2.49. The fourth-order valence-electron chi connectivity index (χ4n) is 3.60. The Hall–Kier alpha value is -2.67. The van der Waals surface area contributed by atoms with E-state index in [-0.39, 0.29) is 23.3 Å². The van der Waals surface area contributed by atoms with E-state index in [0.717, 1.165) is 23.6 Å². The molecule has 156 valence electrons. The maximum absolute atomic E-state index is 13.0. The smallest absolute Gasteiger partial charge is 0.227 e. The molecule has 2 aromatic rings. The lowest BCUT2D eigenvalue weighted by atomic mass is 9.92. The molecule has 1 aliphatic heterocycles. The highest BCUT2D eigenvalue weighted by Crippen LogP contribution is 2.22. The van der Waals surface area contributed by atoms with Crippen LogP contribution in [0.4, 0.5) is 5.69 Å². The van der Waals surface area contributed by atoms with E-state index in [9.17, 15) is 9.59 Å². The van der Waals surface area contributed by atoms with Gasteiger partial charge in [0.1, 0.15) is 11.9 Å². The van der Waals surface area contributed by atoms with Crippen molar-refractivity contribution < 1.29 is 9.59 Å². The predicted molar refractivity (Wildman–Crippen MR) is 113 cm³/mol. The third-order valence-electron chi connectivity index (χ3n) is 5.00. The molecule has 7 nitrogen and oxygen atoms in total. The number of hydrogen-bond acceptors (Lipinski definition) is 4. The summed E-state index contributed by atoms with van der Waals surface area (Å²) in [6.07, 6.45) is 4.46. The summed E-state index contributed by atoms with van der Waals surface area (Å²) in [7, 11) is 1.95. The van der Waals surface area contributed by atoms with E-state index in [0.29, 0.717) is 25.9 Å². The average molecular weight is 398 g/mol. The second-order valence-corrected chi connectivity index (χ2v) is 8.86. The number of hydrogen-bond donors (Lipinski definition) is 2. The molecule has 2 amide bonds. The van der Waals surface area contributed by atoms with Crippen molar-refractivity contribution >= 4 is 17.5 Å². The minimum atomic E-state index is -0.0628. The number of carbonyl (C=O) groups is 2. The van der Waals surface area contributed by atoms with Crippen LogP contribution in [0.5, 0.6) is 0 Å². The molecule has 1 atom stereocenters. The van der Waals surface area contributed by atoms with Gasteiger partial charge in [-0.05, 0) is 23.1 Å². The number of anilines is 1. The Morgan fingerprint density at radius 3 is 2.59 bits per heavy atom. The number of benzene rings is 1. The van der Waals surface area contributed by atoms with Gasteiger partial charge in [-0.25, -0.2) is 4.98 Å². The summed E-state index contributed by atoms with van der Waals surface area (Å²) >= 11 is 0. The van der Waals surface area contributed by atoms with Gasteiger partial charge in [0.05, 0.1) is 6.42 Å². The summed E-state index contributed by atoms with van der Waals surface area (Å²) in [6, 6.07) is 7.46. The first-order valence-corrected chi connectivity index (χ1v) is 10.1. The first-order chi connectivity index (χ1) is 13.7. The summed E-state index contributed by atoms with van der Waals surface area (Å²) in [4.78, 5) is 31.4. The van der Waals surface area contributed by atoms with Gasteiger partial charge in [0.2, 0.25) is 11.8 Å². The Balaban J connectivity index is 1.62. The predicted octanol–water partition coefficient (Wildman–Crippen LogP) is 2.51. The Bertz CT molecular complexity index is 851. The van der Waals surface area contributed by atoms with E-state index in [4.69, 9.17) is 0 Å². The van der Waals surface area contributed by atoms with E-state index < -0.39 is 0 Å². The fourth-order valence-corrected chi connectivity index (χ4v) is 3.60. The molecular weight excluding hydrogens is 366 g/mol. The molecule has 0 bridgehead atoms. The molecule has 1 unspecified atom stereocenters. The van der Waals surface area contributed by atoms with Gasteiger partial charge in [-0.1, -0.05) is 32.9 Å². The van der Waals surface area contributed by atoms with Gasteiger partial charge >= 0.3 is 0 Å². The van der Waals surface area contributed by atoms with Crippen molar-refractivity contribution in [3.8, 4) is 0 Å². The van der Waals surface area contributed by atoms with Crippen LogP contribution < -0.4 is 10.6 Å². The van der Waals surface area contributed by atoms with E-state index in [1.807, 2.05) is 67.7 Å². The molecule has 2 N–H and O–H groups in total. The fraction of sp³-hybridized carbons (Fsp3) is 0.500. The number of rotatable bonds is 5. The molecule has 1 fully saturated rings. The van der Waals surface area contributed by atoms with Gasteiger partial charge in [-0.15, -0.1) is 0 Å². The summed E-state index contributed by atoms with van der Waals surface area (Å²) in [5.41, 5.74) is 1.63. The quantitative estimate of drug-likeness (QED) is 0.813. The van der Waals surface area contributed by atoms with Crippen LogP contribution in [0.2, 0.25) is 0 Å². The molecule has 0 radical (unpaired) electrons. The van der Waals surface area contributed by atoms with Gasteiger partial charge in [-0.2, -0.15) is 0 Å². The van der Waals surface area contributed by atoms with Crippen molar-refractivity contribution in [2.24, 2.45) is 12.5 Å². The van der Waals surface area contributed by atoms with E-state index in [2.05, 4.69) is 15.6 Å². The monoisotopic (exact) mass is 397 g/mol. The number of aryl methyl sites for hydroxylation is 1. The van der Waals surface area contributed by atoms with Crippen LogP contribution >= 0.6 is 0 Å². The van der Waals surface area contributed by atoms with Crippen LogP contribution in [0.1, 0.15) is 44.6 Å². The maximum atomic E-state index is 13.0. The Kier molecular flexibility index (Phi) is 6.37. The van der Waals surface area contributed by atoms with Crippen molar-refractivity contribution in [2.45, 2.75) is 39.7 Å². The second-order valence-electron chi connectivity index (χ2n) is 8.86. The third-order valence-corrected chi connectivity index (χ3v) is 5.00. The molecule has 1 aliphatic rings. The molecule has 7 heteroatoms. The maximum Gasteiger partial charge on any atom is 0.227 e. The first kappa shape index (κ1) is 21.0. The van der Waals surface area contributed by atoms with Crippen LogP contribution in [0.15, 0.2) is 36.7 Å². The van der Waals surface area contributed by atoms with E-state index in [1.165, 1.54) is 0 Å². The summed E-state index contributed by atoms with van der Waals surface area (Å²) in [6.45, 7) is 8.26. The van der Waals surface area contributed by atoms with Gasteiger partial charge in [0.25, 0.3) is 0 Å². The standard InChI is InChI=1S/C22H31N5O2/c1-22(2,3)14-19(28)25-17-7-5-16(6-8-17)13-20(29)27-12-9-23-15-18(27)21-24-10-11-26(21)4/h5-8,10-11,18,23H,9,12-15H2,1-4H3,(H,25,28). The summed E-state index contributed by atoms with van der Waals surface area (Å²) in [5, 5.41) is 6.27. The van der Waals surface area contributed by atoms with E-state index >= 15 is 0 Å². The minimum absolute atomic E-state index is 0.0000487. The summed E-state index contributed by atoms with van der Waals surface area (Å²) < 4.78 is 1.97. The Labute approximate surface area is 172 Å². The Morgan fingerprint density at radius 2 is 1.97 bits per heavy atom. The van der Waals surface area contributed by atoms with Crippen LogP contribution in [-0.4, -0.2) is 45.9 Å². The SMILES string of the molecule is Cn1ccnc1C1CNCCN1C(=O)Cc1ccc(NC(=O)CC(C)(C)C)cc1. The Morgan fingerprint density at radius 1 is 1.24 bits per heavy atom. The number of nitrogens with one attached hydrogen (secondary N) is 2. The number of aromatic nitrogens is 2. The molecule has 0 spiro atoms. The molecule has 1 aromatic heterocycles. The first-order valence-electron chi connectivity index (χ1n) is 10.1. The number of imidazole rings is 1. The molecule has 29 heavy (non-hydrogen) atoms. The van der Waals surface area contributed by atoms with Crippen molar-refractivity contribution in [1.82, 2.24) is 19.8 Å². The zero-order valence-electron chi connectivity index (χ0n) is 17.7. The van der Waals surface area contributed by atoms with Crippen LogP contribution in [0, 0.1) is 5.41 Å². The lowest BCUT2D eigenvalue weighted by molar-refractivity contribution is -0.134. The van der Waals surface area contributed by atoms with Crippen molar-refractivity contribution in [3.05, 3.63) is 48.0 Å². The average Bonchev–Trinajstić information content (AvgIpc) is 3.07. The highest BCUT2D eigenvalue weighted by molar-refractivity contribution is 5.91. The van der Waals surface area contributed by atoms with Crippen LogP contribution in [-0.2, 0) is 23.1 Å². The van der Waals surface area contributed by atoms with Crippen LogP contribution in [0.3, 0.4) is 0 Å². The molecule has 0 saturated carbocycles. The van der Waals surface area contributed by atoms with Gasteiger partial charge in [-0.3, -0.25) is 9.59 Å². The topological polar surface area (TPSA) is 79.3 Å². The zero-order chi connectivity index (χ0) is 21.0. The van der Waals surface area contributed by atoms with E-state index in [1.54, 1.807) is 6.20 Å². The number of piperazine rings is 1.